The Balaban J connectivity index is 1.21. The van der Waals surface area contributed by atoms with Gasteiger partial charge in [-0.05, 0) is 56.9 Å². The molecule has 33 heavy (non-hydrogen) atoms. The van der Waals surface area contributed by atoms with Crippen molar-refractivity contribution >= 4 is 17.6 Å². The van der Waals surface area contributed by atoms with E-state index in [0.29, 0.717) is 19.7 Å². The van der Waals surface area contributed by atoms with Crippen molar-refractivity contribution in [1.82, 2.24) is 20.2 Å². The zero-order valence-corrected chi connectivity index (χ0v) is 18.6. The highest BCUT2D eigenvalue weighted by Gasteiger charge is 2.32. The lowest BCUT2D eigenvalue weighted by Gasteiger charge is -2.29. The third-order valence-electron chi connectivity index (χ3n) is 5.80. The predicted molar refractivity (Wildman–Crippen MR) is 119 cm³/mol. The van der Waals surface area contributed by atoms with E-state index < -0.39 is 5.82 Å². The number of halogens is 1. The molecule has 1 N–H and O–H groups in total. The fraction of sp³-hybridized carbons (Fsp3) is 0.478. The summed E-state index contributed by atoms with van der Waals surface area (Å²) in [4.78, 5) is 36.2. The first kappa shape index (κ1) is 22.8. The van der Waals surface area contributed by atoms with Gasteiger partial charge in [0.2, 0.25) is 5.91 Å². The van der Waals surface area contributed by atoms with E-state index >= 15 is 0 Å². The highest BCUT2D eigenvalue weighted by Crippen LogP contribution is 2.24. The van der Waals surface area contributed by atoms with Crippen LogP contribution in [0.15, 0.2) is 36.7 Å². The number of rotatable bonds is 8. The average molecular weight is 458 g/mol. The first-order valence-electron chi connectivity index (χ1n) is 11.2. The van der Waals surface area contributed by atoms with Gasteiger partial charge in [-0.3, -0.25) is 9.69 Å². The summed E-state index contributed by atoms with van der Waals surface area (Å²) in [7, 11) is 0. The zero-order chi connectivity index (χ0) is 23.2. The number of benzene rings is 1. The Labute approximate surface area is 191 Å². The molecular weight excluding hydrogens is 429 g/mol. The quantitative estimate of drug-likeness (QED) is 0.655. The predicted octanol–water partition coefficient (Wildman–Crippen LogP) is 2.76. The summed E-state index contributed by atoms with van der Waals surface area (Å²) in [5, 5.41) is 3.03. The lowest BCUT2D eigenvalue weighted by molar-refractivity contribution is -0.122. The summed E-state index contributed by atoms with van der Waals surface area (Å²) >= 11 is 0. The first-order chi connectivity index (χ1) is 16.0. The molecule has 3 amide bonds. The van der Waals surface area contributed by atoms with Crippen LogP contribution in [0.5, 0.6) is 11.8 Å². The summed E-state index contributed by atoms with van der Waals surface area (Å²) in [6, 6.07) is 7.40. The fourth-order valence-electron chi connectivity index (χ4n) is 4.14. The van der Waals surface area contributed by atoms with Crippen molar-refractivity contribution in [2.45, 2.75) is 44.8 Å². The summed E-state index contributed by atoms with van der Waals surface area (Å²) in [6.07, 6.45) is 5.06. The number of nitrogens with one attached hydrogen (secondary N) is 1. The number of nitrogens with zero attached hydrogens (tertiary/aromatic N) is 4. The molecule has 2 heterocycles. The van der Waals surface area contributed by atoms with Crippen molar-refractivity contribution in [3.8, 4) is 11.8 Å². The second-order valence-electron chi connectivity index (χ2n) is 8.13. The van der Waals surface area contributed by atoms with Crippen molar-refractivity contribution < 1.29 is 23.5 Å². The molecule has 0 bridgehead atoms. The topological polar surface area (TPSA) is 96.9 Å². The van der Waals surface area contributed by atoms with E-state index in [1.807, 2.05) is 31.2 Å². The normalized spacial score (nSPS) is 20.6. The molecule has 1 saturated heterocycles. The highest BCUT2D eigenvalue weighted by molar-refractivity contribution is 5.96. The van der Waals surface area contributed by atoms with Crippen LogP contribution >= 0.6 is 0 Å². The van der Waals surface area contributed by atoms with Gasteiger partial charge in [0.25, 0.3) is 0 Å². The standard InChI is InChI=1S/C23H28FN5O4/c1-2-32-19-9-5-18(6-10-19)29-12-11-28(23(29)31)15-21(30)27-17-3-7-20(8-4-17)33-22-25-13-16(24)14-26-22/h5-6,9-10,13-14,17,20H,2-4,7-8,11-12,15H2,1H3,(H,27,30). The summed E-state index contributed by atoms with van der Waals surface area (Å²) in [5.41, 5.74) is 0.787. The minimum absolute atomic E-state index is 0.0337. The monoisotopic (exact) mass is 457 g/mol. The van der Waals surface area contributed by atoms with Gasteiger partial charge in [0.05, 0.1) is 19.0 Å². The lowest BCUT2D eigenvalue weighted by Crippen LogP contribution is -2.45. The van der Waals surface area contributed by atoms with Crippen LogP contribution in [0.2, 0.25) is 0 Å². The van der Waals surface area contributed by atoms with Gasteiger partial charge < -0.3 is 19.7 Å². The van der Waals surface area contributed by atoms with Crippen LogP contribution in [0.3, 0.4) is 0 Å². The Morgan fingerprint density at radius 3 is 2.48 bits per heavy atom. The van der Waals surface area contributed by atoms with E-state index in [1.165, 1.54) is 0 Å². The summed E-state index contributed by atoms with van der Waals surface area (Å²) < 4.78 is 24.0. The third kappa shape index (κ3) is 5.88. The lowest BCUT2D eigenvalue weighted by atomic mass is 9.93. The third-order valence-corrected chi connectivity index (χ3v) is 5.80. The number of ether oxygens (including phenoxy) is 2. The van der Waals surface area contributed by atoms with Crippen LogP contribution in [-0.2, 0) is 4.79 Å². The molecule has 2 aromatic rings. The maximum absolute atomic E-state index is 12.9. The molecule has 2 aliphatic rings. The molecule has 176 valence electrons. The van der Waals surface area contributed by atoms with Crippen molar-refractivity contribution in [3.63, 3.8) is 0 Å². The van der Waals surface area contributed by atoms with Gasteiger partial charge in [-0.2, -0.15) is 0 Å². The van der Waals surface area contributed by atoms with Crippen molar-refractivity contribution in [3.05, 3.63) is 42.5 Å². The largest absolute Gasteiger partial charge is 0.494 e. The number of hydrogen-bond acceptors (Lipinski definition) is 6. The Bertz CT molecular complexity index is 948. The second-order valence-corrected chi connectivity index (χ2v) is 8.13. The van der Waals surface area contributed by atoms with Crippen molar-refractivity contribution in [1.29, 1.82) is 0 Å². The van der Waals surface area contributed by atoms with E-state index in [1.54, 1.807) is 9.80 Å². The van der Waals surface area contributed by atoms with Gasteiger partial charge in [0, 0.05) is 24.8 Å². The molecule has 0 atom stereocenters. The Kier molecular flexibility index (Phi) is 7.21. The van der Waals surface area contributed by atoms with Crippen molar-refractivity contribution in [2.24, 2.45) is 0 Å². The molecule has 0 unspecified atom stereocenters. The van der Waals surface area contributed by atoms with Gasteiger partial charge in [0.15, 0.2) is 5.82 Å². The Hall–Kier alpha value is -3.43. The maximum Gasteiger partial charge on any atom is 0.325 e. The van der Waals surface area contributed by atoms with Crippen LogP contribution < -0.4 is 19.7 Å². The molecule has 9 nitrogen and oxygen atoms in total. The minimum Gasteiger partial charge on any atom is -0.494 e. The van der Waals surface area contributed by atoms with Gasteiger partial charge in [-0.15, -0.1) is 0 Å². The number of carbonyl (C=O) groups excluding carboxylic acids is 2. The molecule has 1 aliphatic carbocycles. The number of aromatic nitrogens is 2. The molecule has 1 aliphatic heterocycles. The molecular formula is C23H28FN5O4. The Morgan fingerprint density at radius 1 is 1.12 bits per heavy atom. The molecule has 1 saturated carbocycles. The maximum atomic E-state index is 12.9. The van der Waals surface area contributed by atoms with Crippen LogP contribution in [-0.4, -0.2) is 65.2 Å². The van der Waals surface area contributed by atoms with E-state index in [0.717, 1.165) is 49.5 Å². The fourth-order valence-corrected chi connectivity index (χ4v) is 4.14. The summed E-state index contributed by atoms with van der Waals surface area (Å²) in [5.74, 6) is 0.0884. The van der Waals surface area contributed by atoms with Gasteiger partial charge in [-0.25, -0.2) is 19.2 Å². The number of hydrogen-bond donors (Lipinski definition) is 1. The molecule has 2 fully saturated rings. The molecule has 0 radical (unpaired) electrons. The highest BCUT2D eigenvalue weighted by atomic mass is 19.1. The first-order valence-corrected chi connectivity index (χ1v) is 11.2. The number of urea groups is 1. The zero-order valence-electron chi connectivity index (χ0n) is 18.6. The minimum atomic E-state index is -0.507. The van der Waals surface area contributed by atoms with Crippen LogP contribution in [0.1, 0.15) is 32.6 Å². The van der Waals surface area contributed by atoms with E-state index in [-0.39, 0.29) is 36.6 Å². The van der Waals surface area contributed by atoms with Gasteiger partial charge >= 0.3 is 12.0 Å². The molecule has 1 aromatic carbocycles. The van der Waals surface area contributed by atoms with Crippen molar-refractivity contribution in [2.75, 3.05) is 31.1 Å². The Morgan fingerprint density at radius 2 is 1.82 bits per heavy atom. The van der Waals surface area contributed by atoms with E-state index in [4.69, 9.17) is 9.47 Å². The second kappa shape index (κ2) is 10.5. The van der Waals surface area contributed by atoms with Gasteiger partial charge in [0.1, 0.15) is 18.4 Å². The molecule has 0 spiro atoms. The van der Waals surface area contributed by atoms with Crippen LogP contribution in [0, 0.1) is 5.82 Å². The number of carbonyl (C=O) groups is 2. The van der Waals surface area contributed by atoms with Crippen LogP contribution in [0.25, 0.3) is 0 Å². The van der Waals surface area contributed by atoms with E-state index in [9.17, 15) is 14.0 Å². The van der Waals surface area contributed by atoms with E-state index in [2.05, 4.69) is 15.3 Å². The molecule has 10 heteroatoms. The molecule has 4 rings (SSSR count). The smallest absolute Gasteiger partial charge is 0.325 e. The molecule has 1 aromatic heterocycles. The number of amides is 3. The van der Waals surface area contributed by atoms with Crippen LogP contribution in [0.4, 0.5) is 14.9 Å². The SMILES string of the molecule is CCOc1ccc(N2CCN(CC(=O)NC3CCC(Oc4ncc(F)cn4)CC3)C2=O)cc1. The average Bonchev–Trinajstić information content (AvgIpc) is 3.17. The van der Waals surface area contributed by atoms with Gasteiger partial charge in [-0.1, -0.05) is 0 Å². The summed E-state index contributed by atoms with van der Waals surface area (Å²) in [6.45, 7) is 3.57. The number of anilines is 1.